The van der Waals surface area contributed by atoms with Gasteiger partial charge in [0, 0.05) is 17.5 Å². The molecule has 0 spiro atoms. The van der Waals surface area contributed by atoms with Crippen LogP contribution >= 0.6 is 0 Å². The Morgan fingerprint density at radius 3 is 2.42 bits per heavy atom. The minimum absolute atomic E-state index is 0.119. The molecule has 3 heterocycles. The van der Waals surface area contributed by atoms with Crippen LogP contribution in [0.1, 0.15) is 23.5 Å². The molecule has 0 unspecified atom stereocenters. The lowest BCUT2D eigenvalue weighted by Crippen LogP contribution is -2.21. The van der Waals surface area contributed by atoms with Crippen LogP contribution in [0, 0.1) is 0 Å². The molecule has 6 nitrogen and oxygen atoms in total. The van der Waals surface area contributed by atoms with Crippen molar-refractivity contribution in [2.24, 2.45) is 0 Å². The molecule has 0 amide bonds. The summed E-state index contributed by atoms with van der Waals surface area (Å²) in [6.45, 7) is 1.26. The van der Waals surface area contributed by atoms with Crippen LogP contribution in [0.15, 0.2) is 30.3 Å². The van der Waals surface area contributed by atoms with E-state index in [9.17, 15) is 4.79 Å². The quantitative estimate of drug-likeness (QED) is 0.593. The van der Waals surface area contributed by atoms with E-state index in [0.29, 0.717) is 36.2 Å². The molecule has 24 heavy (non-hydrogen) atoms. The summed E-state index contributed by atoms with van der Waals surface area (Å²) in [7, 11) is 0. The smallest absolute Gasteiger partial charge is 0.312 e. The summed E-state index contributed by atoms with van der Waals surface area (Å²) in [5.41, 5.74) is 1.89. The standard InChI is InChI=1S/C18H14O6/c19-18-7-11(10-1-2-13-15(5-10)21-4-3-20-13)12-6-16-17(23-9-22-16)8-14(12)24-18/h1-2,5-6,8,11H,3-4,7,9H2/t11-/m1/s1. The van der Waals surface area contributed by atoms with Gasteiger partial charge < -0.3 is 23.7 Å². The monoisotopic (exact) mass is 326 g/mol. The minimum atomic E-state index is -0.263. The van der Waals surface area contributed by atoms with Gasteiger partial charge in [-0.05, 0) is 23.8 Å². The number of hydrogen-bond donors (Lipinski definition) is 0. The fourth-order valence-corrected chi connectivity index (χ4v) is 3.31. The first-order chi connectivity index (χ1) is 11.8. The van der Waals surface area contributed by atoms with E-state index in [1.165, 1.54) is 0 Å². The third-order valence-corrected chi connectivity index (χ3v) is 4.44. The Balaban J connectivity index is 1.61. The van der Waals surface area contributed by atoms with Crippen LogP contribution in [-0.2, 0) is 4.79 Å². The van der Waals surface area contributed by atoms with E-state index >= 15 is 0 Å². The van der Waals surface area contributed by atoms with Crippen LogP contribution in [0.5, 0.6) is 28.7 Å². The molecule has 1 atom stereocenters. The molecule has 0 saturated heterocycles. The lowest BCUT2D eigenvalue weighted by atomic mass is 9.86. The van der Waals surface area contributed by atoms with Crippen LogP contribution in [0.4, 0.5) is 0 Å². The average molecular weight is 326 g/mol. The maximum absolute atomic E-state index is 12.0. The van der Waals surface area contributed by atoms with Gasteiger partial charge in [0.25, 0.3) is 0 Å². The second kappa shape index (κ2) is 5.06. The Morgan fingerprint density at radius 2 is 1.54 bits per heavy atom. The number of hydrogen-bond acceptors (Lipinski definition) is 6. The third-order valence-electron chi connectivity index (χ3n) is 4.44. The van der Waals surface area contributed by atoms with Gasteiger partial charge in [0.1, 0.15) is 19.0 Å². The molecule has 0 saturated carbocycles. The Bertz CT molecular complexity index is 844. The first-order valence-electron chi connectivity index (χ1n) is 7.82. The molecule has 3 aliphatic rings. The Hall–Kier alpha value is -2.89. The normalized spacial score (nSPS) is 20.3. The molecule has 2 aromatic rings. The van der Waals surface area contributed by atoms with Gasteiger partial charge in [-0.3, -0.25) is 4.79 Å². The van der Waals surface area contributed by atoms with Gasteiger partial charge in [-0.2, -0.15) is 0 Å². The molecule has 2 aromatic carbocycles. The van der Waals surface area contributed by atoms with Crippen LogP contribution < -0.4 is 23.7 Å². The van der Waals surface area contributed by atoms with E-state index in [1.807, 2.05) is 24.3 Å². The summed E-state index contributed by atoms with van der Waals surface area (Å²) in [5, 5.41) is 0. The second-order valence-corrected chi connectivity index (χ2v) is 5.88. The van der Waals surface area contributed by atoms with Gasteiger partial charge in [-0.1, -0.05) is 6.07 Å². The van der Waals surface area contributed by atoms with E-state index in [1.54, 1.807) is 6.07 Å². The molecule has 6 heteroatoms. The minimum Gasteiger partial charge on any atom is -0.486 e. The van der Waals surface area contributed by atoms with E-state index in [0.717, 1.165) is 16.9 Å². The van der Waals surface area contributed by atoms with Crippen molar-refractivity contribution in [3.63, 3.8) is 0 Å². The lowest BCUT2D eigenvalue weighted by Gasteiger charge is -2.26. The maximum Gasteiger partial charge on any atom is 0.312 e. The Morgan fingerprint density at radius 1 is 0.792 bits per heavy atom. The zero-order valence-corrected chi connectivity index (χ0v) is 12.7. The highest BCUT2D eigenvalue weighted by molar-refractivity contribution is 5.78. The topological polar surface area (TPSA) is 63.2 Å². The zero-order valence-electron chi connectivity index (χ0n) is 12.7. The first-order valence-corrected chi connectivity index (χ1v) is 7.82. The molecule has 5 rings (SSSR count). The first kappa shape index (κ1) is 13.5. The van der Waals surface area contributed by atoms with Crippen molar-refractivity contribution in [2.45, 2.75) is 12.3 Å². The van der Waals surface area contributed by atoms with Crippen molar-refractivity contribution in [2.75, 3.05) is 20.0 Å². The lowest BCUT2D eigenvalue weighted by molar-refractivity contribution is -0.135. The summed E-state index contributed by atoms with van der Waals surface area (Å²) in [5.74, 6) is 2.86. The third kappa shape index (κ3) is 2.06. The predicted octanol–water partition coefficient (Wildman–Crippen LogP) is 2.63. The number of benzene rings is 2. The highest BCUT2D eigenvalue weighted by Crippen LogP contribution is 2.47. The van der Waals surface area contributed by atoms with Crippen molar-refractivity contribution < 1.29 is 28.5 Å². The summed E-state index contributed by atoms with van der Waals surface area (Å²) >= 11 is 0. The fourth-order valence-electron chi connectivity index (χ4n) is 3.31. The molecule has 3 aliphatic heterocycles. The number of carbonyl (C=O) groups excluding carboxylic acids is 1. The number of ether oxygens (including phenoxy) is 5. The van der Waals surface area contributed by atoms with Crippen LogP contribution in [0.25, 0.3) is 0 Å². The maximum atomic E-state index is 12.0. The highest BCUT2D eigenvalue weighted by atomic mass is 16.7. The Labute approximate surface area is 137 Å². The van der Waals surface area contributed by atoms with Crippen molar-refractivity contribution in [1.29, 1.82) is 0 Å². The molecule has 0 N–H and O–H groups in total. The van der Waals surface area contributed by atoms with E-state index in [-0.39, 0.29) is 25.1 Å². The SMILES string of the molecule is O=C1C[C@H](c2ccc3c(c2)OCCO3)c2cc3c(cc2O1)OCO3. The van der Waals surface area contributed by atoms with E-state index in [4.69, 9.17) is 23.7 Å². The van der Waals surface area contributed by atoms with Gasteiger partial charge in [0.15, 0.2) is 23.0 Å². The average Bonchev–Trinajstić information content (AvgIpc) is 3.06. The van der Waals surface area contributed by atoms with E-state index in [2.05, 4.69) is 0 Å². The van der Waals surface area contributed by atoms with E-state index < -0.39 is 0 Å². The van der Waals surface area contributed by atoms with Crippen LogP contribution in [0.3, 0.4) is 0 Å². The van der Waals surface area contributed by atoms with Crippen molar-refractivity contribution >= 4 is 5.97 Å². The van der Waals surface area contributed by atoms with Crippen molar-refractivity contribution in [3.05, 3.63) is 41.5 Å². The molecular weight excluding hydrogens is 312 g/mol. The van der Waals surface area contributed by atoms with Crippen LogP contribution in [-0.4, -0.2) is 26.0 Å². The predicted molar refractivity (Wildman–Crippen MR) is 82.1 cm³/mol. The summed E-state index contributed by atoms with van der Waals surface area (Å²) in [6.07, 6.45) is 0.270. The summed E-state index contributed by atoms with van der Waals surface area (Å²) < 4.78 is 27.4. The molecule has 0 aromatic heterocycles. The molecule has 0 aliphatic carbocycles. The number of rotatable bonds is 1. The van der Waals surface area contributed by atoms with Gasteiger partial charge in [0.05, 0.1) is 6.42 Å². The molecular formula is C18H14O6. The van der Waals surface area contributed by atoms with Gasteiger partial charge in [-0.15, -0.1) is 0 Å². The number of carbonyl (C=O) groups is 1. The van der Waals surface area contributed by atoms with Gasteiger partial charge >= 0.3 is 5.97 Å². The largest absolute Gasteiger partial charge is 0.486 e. The molecule has 122 valence electrons. The summed E-state index contributed by atoms with van der Waals surface area (Å²) in [4.78, 5) is 12.0. The second-order valence-electron chi connectivity index (χ2n) is 5.88. The Kier molecular flexibility index (Phi) is 2.85. The van der Waals surface area contributed by atoms with Crippen molar-refractivity contribution in [3.8, 4) is 28.7 Å². The summed E-state index contributed by atoms with van der Waals surface area (Å²) in [6, 6.07) is 9.40. The highest BCUT2D eigenvalue weighted by Gasteiger charge is 2.32. The van der Waals surface area contributed by atoms with Gasteiger partial charge in [0.2, 0.25) is 6.79 Å². The van der Waals surface area contributed by atoms with Crippen LogP contribution in [0.2, 0.25) is 0 Å². The molecule has 0 fully saturated rings. The zero-order chi connectivity index (χ0) is 16.1. The number of esters is 1. The number of fused-ring (bicyclic) bond motifs is 3. The molecule has 0 radical (unpaired) electrons. The molecule has 0 bridgehead atoms. The fraction of sp³-hybridized carbons (Fsp3) is 0.278. The van der Waals surface area contributed by atoms with Gasteiger partial charge in [-0.25, -0.2) is 0 Å². The van der Waals surface area contributed by atoms with Crippen molar-refractivity contribution in [1.82, 2.24) is 0 Å².